The van der Waals surface area contributed by atoms with E-state index >= 15 is 0 Å². The first-order valence-electron chi connectivity index (χ1n) is 7.05. The van der Waals surface area contributed by atoms with Crippen molar-refractivity contribution in [2.75, 3.05) is 25.6 Å². The molecule has 0 saturated heterocycles. The van der Waals surface area contributed by atoms with Gasteiger partial charge in [-0.2, -0.15) is 8.42 Å². The molecule has 2 aromatic carbocycles. The van der Waals surface area contributed by atoms with Crippen molar-refractivity contribution in [3.63, 3.8) is 0 Å². The maximum absolute atomic E-state index is 12.3. The second kappa shape index (κ2) is 6.45. The van der Waals surface area contributed by atoms with Crippen molar-refractivity contribution in [1.82, 2.24) is 0 Å². The second-order valence-electron chi connectivity index (χ2n) is 5.19. The molecule has 0 spiro atoms. The summed E-state index contributed by atoms with van der Waals surface area (Å²) in [5.74, 6) is 0. The Morgan fingerprint density at radius 3 is 2.57 bits per heavy atom. The summed E-state index contributed by atoms with van der Waals surface area (Å²) in [5, 5.41) is 1.58. The van der Waals surface area contributed by atoms with Gasteiger partial charge in [0.15, 0.2) is 0 Å². The molecule has 0 fully saturated rings. The van der Waals surface area contributed by atoms with E-state index in [2.05, 4.69) is 0 Å². The Morgan fingerprint density at radius 2 is 1.90 bits per heavy atom. The number of benzene rings is 2. The lowest BCUT2D eigenvalue weighted by atomic mass is 10.1. The SMILES string of the molecule is CCCCOS(=O)(=O)c1cccc2cc(N(C)C)ccc12. The first kappa shape index (κ1) is 15.8. The lowest BCUT2D eigenvalue weighted by Crippen LogP contribution is -2.09. The van der Waals surface area contributed by atoms with E-state index in [0.717, 1.165) is 23.9 Å². The van der Waals surface area contributed by atoms with Crippen LogP contribution in [0.3, 0.4) is 0 Å². The van der Waals surface area contributed by atoms with Gasteiger partial charge >= 0.3 is 0 Å². The molecule has 0 unspecified atom stereocenters. The number of rotatable bonds is 6. The molecule has 2 rings (SSSR count). The van der Waals surface area contributed by atoms with Crippen molar-refractivity contribution in [3.8, 4) is 0 Å². The smallest absolute Gasteiger partial charge is 0.297 e. The van der Waals surface area contributed by atoms with E-state index in [1.165, 1.54) is 0 Å². The van der Waals surface area contributed by atoms with E-state index in [1.807, 2.05) is 50.2 Å². The van der Waals surface area contributed by atoms with Crippen LogP contribution in [0.4, 0.5) is 5.69 Å². The van der Waals surface area contributed by atoms with Gasteiger partial charge in [-0.15, -0.1) is 0 Å². The molecule has 0 aliphatic rings. The maximum Gasteiger partial charge on any atom is 0.297 e. The lowest BCUT2D eigenvalue weighted by Gasteiger charge is -2.14. The molecule has 0 aliphatic heterocycles. The van der Waals surface area contributed by atoms with Crippen LogP contribution < -0.4 is 4.90 Å². The second-order valence-corrected chi connectivity index (χ2v) is 6.77. The minimum atomic E-state index is -3.71. The molecule has 0 aromatic heterocycles. The zero-order valence-corrected chi connectivity index (χ0v) is 13.5. The molecule has 0 N–H and O–H groups in total. The van der Waals surface area contributed by atoms with Crippen molar-refractivity contribution in [3.05, 3.63) is 36.4 Å². The van der Waals surface area contributed by atoms with E-state index in [-0.39, 0.29) is 11.5 Å². The summed E-state index contributed by atoms with van der Waals surface area (Å²) in [5.41, 5.74) is 1.03. The third-order valence-corrected chi connectivity index (χ3v) is 4.72. The standard InChI is InChI=1S/C16H21NO3S/c1-4-5-11-20-21(18,19)16-8-6-7-13-12-14(17(2)3)9-10-15(13)16/h6-10,12H,4-5,11H2,1-3H3. The van der Waals surface area contributed by atoms with Crippen molar-refractivity contribution in [2.45, 2.75) is 24.7 Å². The van der Waals surface area contributed by atoms with E-state index in [9.17, 15) is 8.42 Å². The summed E-state index contributed by atoms with van der Waals surface area (Å²) >= 11 is 0. The quantitative estimate of drug-likeness (QED) is 0.606. The third-order valence-electron chi connectivity index (χ3n) is 3.35. The predicted molar refractivity (Wildman–Crippen MR) is 86.3 cm³/mol. The molecule has 114 valence electrons. The van der Waals surface area contributed by atoms with Gasteiger partial charge in [0.1, 0.15) is 4.90 Å². The first-order chi connectivity index (χ1) is 9.95. The van der Waals surface area contributed by atoms with E-state index < -0.39 is 10.1 Å². The Labute approximate surface area is 126 Å². The number of hydrogen-bond acceptors (Lipinski definition) is 4. The van der Waals surface area contributed by atoms with E-state index in [4.69, 9.17) is 4.18 Å². The van der Waals surface area contributed by atoms with Crippen molar-refractivity contribution < 1.29 is 12.6 Å². The average Bonchev–Trinajstić information content (AvgIpc) is 2.46. The van der Waals surface area contributed by atoms with Gasteiger partial charge in [-0.25, -0.2) is 0 Å². The minimum absolute atomic E-state index is 0.227. The Morgan fingerprint density at radius 1 is 1.14 bits per heavy atom. The molecular weight excluding hydrogens is 286 g/mol. The molecule has 0 atom stereocenters. The lowest BCUT2D eigenvalue weighted by molar-refractivity contribution is 0.311. The summed E-state index contributed by atoms with van der Waals surface area (Å²) in [6.45, 7) is 2.22. The van der Waals surface area contributed by atoms with Crippen LogP contribution in [0.15, 0.2) is 41.3 Å². The van der Waals surface area contributed by atoms with Crippen LogP contribution in [-0.2, 0) is 14.3 Å². The zero-order chi connectivity index (χ0) is 15.5. The van der Waals surface area contributed by atoms with Crippen LogP contribution in [0.5, 0.6) is 0 Å². The molecule has 4 nitrogen and oxygen atoms in total. The summed E-state index contributed by atoms with van der Waals surface area (Å²) in [6.07, 6.45) is 1.63. The van der Waals surface area contributed by atoms with Crippen molar-refractivity contribution >= 4 is 26.6 Å². The van der Waals surface area contributed by atoms with Gasteiger partial charge in [-0.05, 0) is 30.0 Å². The van der Waals surface area contributed by atoms with Crippen LogP contribution in [0.2, 0.25) is 0 Å². The van der Waals surface area contributed by atoms with Crippen LogP contribution in [0.1, 0.15) is 19.8 Å². The Bertz CT molecular complexity index is 723. The highest BCUT2D eigenvalue weighted by molar-refractivity contribution is 7.87. The van der Waals surface area contributed by atoms with Crippen LogP contribution in [0.25, 0.3) is 10.8 Å². The summed E-state index contributed by atoms with van der Waals surface area (Å²) in [7, 11) is 0.202. The highest BCUT2D eigenvalue weighted by Crippen LogP contribution is 2.27. The molecule has 0 aliphatic carbocycles. The van der Waals surface area contributed by atoms with Crippen LogP contribution in [-0.4, -0.2) is 29.1 Å². The zero-order valence-electron chi connectivity index (χ0n) is 12.7. The first-order valence-corrected chi connectivity index (χ1v) is 8.46. The highest BCUT2D eigenvalue weighted by Gasteiger charge is 2.18. The third kappa shape index (κ3) is 3.54. The van der Waals surface area contributed by atoms with E-state index in [0.29, 0.717) is 5.39 Å². The average molecular weight is 307 g/mol. The molecule has 0 bridgehead atoms. The largest absolute Gasteiger partial charge is 0.378 e. The molecule has 0 heterocycles. The Hall–Kier alpha value is -1.59. The van der Waals surface area contributed by atoms with E-state index in [1.54, 1.807) is 12.1 Å². The summed E-state index contributed by atoms with van der Waals surface area (Å²) in [4.78, 5) is 2.22. The summed E-state index contributed by atoms with van der Waals surface area (Å²) in [6, 6.07) is 11.0. The number of fused-ring (bicyclic) bond motifs is 1. The van der Waals surface area contributed by atoms with Gasteiger partial charge in [0.25, 0.3) is 10.1 Å². The molecule has 0 amide bonds. The predicted octanol–water partition coefficient (Wildman–Crippen LogP) is 3.41. The van der Waals surface area contributed by atoms with Gasteiger partial charge in [0.2, 0.25) is 0 Å². The monoisotopic (exact) mass is 307 g/mol. The number of hydrogen-bond donors (Lipinski definition) is 0. The fraction of sp³-hybridized carbons (Fsp3) is 0.375. The number of anilines is 1. The van der Waals surface area contributed by atoms with Gasteiger partial charge in [0.05, 0.1) is 6.61 Å². The van der Waals surface area contributed by atoms with Gasteiger partial charge < -0.3 is 4.90 Å². The molecule has 2 aromatic rings. The summed E-state index contributed by atoms with van der Waals surface area (Å²) < 4.78 is 29.7. The van der Waals surface area contributed by atoms with Gasteiger partial charge in [-0.1, -0.05) is 31.5 Å². The molecule has 0 saturated carbocycles. The van der Waals surface area contributed by atoms with Gasteiger partial charge in [-0.3, -0.25) is 4.18 Å². The molecule has 5 heteroatoms. The topological polar surface area (TPSA) is 46.6 Å². The fourth-order valence-corrected chi connectivity index (χ4v) is 3.28. The van der Waals surface area contributed by atoms with Crippen LogP contribution >= 0.6 is 0 Å². The fourth-order valence-electron chi connectivity index (χ4n) is 2.11. The van der Waals surface area contributed by atoms with Gasteiger partial charge in [0, 0.05) is 25.2 Å². The van der Waals surface area contributed by atoms with Crippen molar-refractivity contribution in [1.29, 1.82) is 0 Å². The highest BCUT2D eigenvalue weighted by atomic mass is 32.2. The number of unbranched alkanes of at least 4 members (excludes halogenated alkanes) is 1. The molecule has 0 radical (unpaired) electrons. The Kier molecular flexibility index (Phi) is 4.85. The molecule has 21 heavy (non-hydrogen) atoms. The normalized spacial score (nSPS) is 11.8. The maximum atomic E-state index is 12.3. The minimum Gasteiger partial charge on any atom is -0.378 e. The Balaban J connectivity index is 2.45. The van der Waals surface area contributed by atoms with Crippen LogP contribution in [0, 0.1) is 0 Å². The molecular formula is C16H21NO3S. The number of nitrogens with zero attached hydrogens (tertiary/aromatic N) is 1. The van der Waals surface area contributed by atoms with Crippen molar-refractivity contribution in [2.24, 2.45) is 0 Å².